The van der Waals surface area contributed by atoms with Crippen LogP contribution in [-0.2, 0) is 13.6 Å². The largest absolute Gasteiger partial charge is 1.00 e. The summed E-state index contributed by atoms with van der Waals surface area (Å²) in [6.45, 7) is 0.0808. The minimum absolute atomic E-state index is 0. The number of aromatic nitrogens is 1. The number of benzene rings is 3. The second-order valence-electron chi connectivity index (χ2n) is 7.43. The smallest absolute Gasteiger partial charge is 0.478 e. The van der Waals surface area contributed by atoms with Gasteiger partial charge in [-0.25, -0.2) is 9.59 Å². The van der Waals surface area contributed by atoms with E-state index in [1.54, 1.807) is 25.2 Å². The first kappa shape index (κ1) is 25.5. The molecule has 34 heavy (non-hydrogen) atoms. The third kappa shape index (κ3) is 5.34. The number of urea groups is 1. The predicted octanol–water partition coefficient (Wildman–Crippen LogP) is 1.88. The minimum atomic E-state index is -1.04. The second kappa shape index (κ2) is 10.9. The number of nitrogens with one attached hydrogen (secondary N) is 2. The molecule has 3 N–H and O–H groups in total. The molecule has 0 atom stereocenters. The summed E-state index contributed by atoms with van der Waals surface area (Å²) in [6, 6.07) is 20.1. The Bertz CT molecular complexity index is 1420. The molecule has 0 unspecified atom stereocenters. The standard InChI is InChI=1S/C25H20ClN3O4.Na/c1-29-21(14-27-25(33)28-18-10-7-16(8-11-18)24(31)32)22(15-5-3-2-4-6-15)20-13-17(26)9-12-19(20)23(29)30;/h2-13H,14H2,1H3,(H,31,32)(H2,27,28,33);/q;+1. The molecule has 0 aliphatic carbocycles. The van der Waals surface area contributed by atoms with E-state index in [0.717, 1.165) is 11.1 Å². The van der Waals surface area contributed by atoms with Crippen LogP contribution in [0.15, 0.2) is 77.6 Å². The van der Waals surface area contributed by atoms with Crippen LogP contribution in [0.5, 0.6) is 0 Å². The van der Waals surface area contributed by atoms with Crippen molar-refractivity contribution in [1.29, 1.82) is 0 Å². The zero-order valence-electron chi connectivity index (χ0n) is 18.6. The molecule has 0 fully saturated rings. The number of nitrogens with zero attached hydrogens (tertiary/aromatic N) is 1. The van der Waals surface area contributed by atoms with Gasteiger partial charge in [-0.1, -0.05) is 41.9 Å². The Morgan fingerprint density at radius 3 is 2.29 bits per heavy atom. The van der Waals surface area contributed by atoms with Crippen molar-refractivity contribution in [3.8, 4) is 11.1 Å². The van der Waals surface area contributed by atoms with Crippen LogP contribution in [0.1, 0.15) is 16.1 Å². The maximum atomic E-state index is 13.0. The van der Waals surface area contributed by atoms with E-state index in [1.807, 2.05) is 30.3 Å². The number of rotatable bonds is 5. The Hall–Kier alpha value is -3.10. The number of pyridine rings is 1. The SMILES string of the molecule is Cn1c(CNC(=O)Nc2ccc(C(=O)O)cc2)c(-c2ccccc2)c2cc(Cl)ccc2c1=O.[Na+]. The predicted molar refractivity (Wildman–Crippen MR) is 129 cm³/mol. The first-order chi connectivity index (χ1) is 15.8. The van der Waals surface area contributed by atoms with Gasteiger partial charge in [-0.05, 0) is 53.4 Å². The Morgan fingerprint density at radius 2 is 1.65 bits per heavy atom. The van der Waals surface area contributed by atoms with Crippen molar-refractivity contribution in [3.63, 3.8) is 0 Å². The van der Waals surface area contributed by atoms with Crippen LogP contribution in [0.25, 0.3) is 21.9 Å². The molecule has 0 spiro atoms. The van der Waals surface area contributed by atoms with Gasteiger partial charge in [-0.15, -0.1) is 0 Å². The number of carboxylic acids is 1. The number of anilines is 1. The molecule has 9 heteroatoms. The summed E-state index contributed by atoms with van der Waals surface area (Å²) in [7, 11) is 1.67. The van der Waals surface area contributed by atoms with Crippen LogP contribution < -0.4 is 45.8 Å². The molecule has 4 aromatic rings. The number of carboxylic acid groups (broad SMARTS) is 1. The zero-order chi connectivity index (χ0) is 23.5. The Morgan fingerprint density at radius 1 is 0.971 bits per heavy atom. The topological polar surface area (TPSA) is 100 Å². The van der Waals surface area contributed by atoms with Gasteiger partial charge >= 0.3 is 41.6 Å². The monoisotopic (exact) mass is 484 g/mol. The fraction of sp³-hybridized carbons (Fsp3) is 0.0800. The van der Waals surface area contributed by atoms with Crippen molar-refractivity contribution in [2.24, 2.45) is 7.05 Å². The van der Waals surface area contributed by atoms with Gasteiger partial charge in [0, 0.05) is 34.4 Å². The molecule has 2 amide bonds. The van der Waals surface area contributed by atoms with Crippen molar-refractivity contribution >= 4 is 40.1 Å². The molecule has 1 heterocycles. The second-order valence-corrected chi connectivity index (χ2v) is 7.87. The molecule has 3 aromatic carbocycles. The van der Waals surface area contributed by atoms with Crippen molar-refractivity contribution in [3.05, 3.63) is 99.4 Å². The third-order valence-electron chi connectivity index (χ3n) is 5.35. The average Bonchev–Trinajstić information content (AvgIpc) is 2.81. The molecular weight excluding hydrogens is 465 g/mol. The molecule has 4 rings (SSSR count). The van der Waals surface area contributed by atoms with Gasteiger partial charge in [0.2, 0.25) is 0 Å². The fourth-order valence-corrected chi connectivity index (χ4v) is 3.88. The summed E-state index contributed by atoms with van der Waals surface area (Å²) < 4.78 is 1.53. The zero-order valence-corrected chi connectivity index (χ0v) is 21.4. The van der Waals surface area contributed by atoms with Gasteiger partial charge in [0.05, 0.1) is 12.1 Å². The minimum Gasteiger partial charge on any atom is -0.478 e. The van der Waals surface area contributed by atoms with E-state index in [9.17, 15) is 14.4 Å². The van der Waals surface area contributed by atoms with E-state index < -0.39 is 12.0 Å². The van der Waals surface area contributed by atoms with Gasteiger partial charge in [0.25, 0.3) is 5.56 Å². The van der Waals surface area contributed by atoms with Gasteiger partial charge < -0.3 is 20.3 Å². The van der Waals surface area contributed by atoms with E-state index >= 15 is 0 Å². The molecule has 0 saturated heterocycles. The molecule has 0 saturated carbocycles. The number of hydrogen-bond donors (Lipinski definition) is 3. The van der Waals surface area contributed by atoms with Gasteiger partial charge in [0.1, 0.15) is 0 Å². The van der Waals surface area contributed by atoms with Gasteiger partial charge in [-0.3, -0.25) is 4.79 Å². The normalized spacial score (nSPS) is 10.4. The Balaban J connectivity index is 0.00000324. The number of amides is 2. The molecular formula is C25H20ClN3NaO4+. The van der Waals surface area contributed by atoms with Crippen molar-refractivity contribution in [2.45, 2.75) is 6.54 Å². The number of halogens is 1. The summed E-state index contributed by atoms with van der Waals surface area (Å²) in [5.74, 6) is -1.04. The number of carbonyl (C=O) groups excluding carboxylic acids is 1. The number of carbonyl (C=O) groups is 2. The fourth-order valence-electron chi connectivity index (χ4n) is 3.71. The molecule has 0 aliphatic heterocycles. The van der Waals surface area contributed by atoms with E-state index in [1.165, 1.54) is 28.8 Å². The van der Waals surface area contributed by atoms with Crippen LogP contribution >= 0.6 is 11.6 Å². The van der Waals surface area contributed by atoms with E-state index in [-0.39, 0.29) is 47.2 Å². The van der Waals surface area contributed by atoms with Crippen LogP contribution in [0, 0.1) is 0 Å². The first-order valence-electron chi connectivity index (χ1n) is 10.1. The Labute approximate surface area is 222 Å². The van der Waals surface area contributed by atoms with E-state index in [0.29, 0.717) is 27.2 Å². The maximum absolute atomic E-state index is 13.0. The van der Waals surface area contributed by atoms with Gasteiger partial charge in [-0.2, -0.15) is 0 Å². The number of hydrogen-bond acceptors (Lipinski definition) is 3. The van der Waals surface area contributed by atoms with Crippen molar-refractivity contribution in [1.82, 2.24) is 9.88 Å². The molecule has 166 valence electrons. The number of aromatic carboxylic acids is 1. The van der Waals surface area contributed by atoms with Crippen LogP contribution in [0.3, 0.4) is 0 Å². The van der Waals surface area contributed by atoms with Crippen molar-refractivity contribution in [2.75, 3.05) is 5.32 Å². The van der Waals surface area contributed by atoms with Crippen LogP contribution in [0.2, 0.25) is 5.02 Å². The molecule has 1 aromatic heterocycles. The first-order valence-corrected chi connectivity index (χ1v) is 10.5. The van der Waals surface area contributed by atoms with Gasteiger partial charge in [0.15, 0.2) is 0 Å². The summed E-state index contributed by atoms with van der Waals surface area (Å²) >= 11 is 6.25. The van der Waals surface area contributed by atoms with Crippen molar-refractivity contribution < 1.29 is 44.3 Å². The van der Waals surface area contributed by atoms with Crippen LogP contribution in [0.4, 0.5) is 10.5 Å². The molecule has 0 bridgehead atoms. The Kier molecular flexibility index (Phi) is 8.17. The summed E-state index contributed by atoms with van der Waals surface area (Å²) in [6.07, 6.45) is 0. The average molecular weight is 485 g/mol. The van der Waals surface area contributed by atoms with E-state index in [2.05, 4.69) is 10.6 Å². The quantitative estimate of drug-likeness (QED) is 0.377. The number of fused-ring (bicyclic) bond motifs is 1. The summed E-state index contributed by atoms with van der Waals surface area (Å²) in [5.41, 5.74) is 2.70. The van der Waals surface area contributed by atoms with Crippen LogP contribution in [-0.4, -0.2) is 21.7 Å². The molecule has 0 aliphatic rings. The molecule has 7 nitrogen and oxygen atoms in total. The summed E-state index contributed by atoms with van der Waals surface area (Å²) in [4.78, 5) is 36.5. The maximum Gasteiger partial charge on any atom is 1.00 e. The summed E-state index contributed by atoms with van der Waals surface area (Å²) in [5, 5.41) is 16.2. The third-order valence-corrected chi connectivity index (χ3v) is 5.58. The van der Waals surface area contributed by atoms with E-state index in [4.69, 9.17) is 16.7 Å². The molecule has 0 radical (unpaired) electrons.